The number of hydrogen-bond acceptors (Lipinski definition) is 4. The molecule has 1 aromatic rings. The first-order valence-electron chi connectivity index (χ1n) is 6.38. The molecule has 5 nitrogen and oxygen atoms in total. The molecule has 1 saturated carbocycles. The summed E-state index contributed by atoms with van der Waals surface area (Å²) in [5, 5.41) is 12.5. The molecule has 1 aromatic carbocycles. The van der Waals surface area contributed by atoms with Gasteiger partial charge in [0.15, 0.2) is 6.04 Å². The summed E-state index contributed by atoms with van der Waals surface area (Å²) in [4.78, 5) is 23.7. The van der Waals surface area contributed by atoms with Crippen molar-refractivity contribution in [2.24, 2.45) is 5.92 Å². The van der Waals surface area contributed by atoms with Gasteiger partial charge in [0.2, 0.25) is 5.91 Å². The van der Waals surface area contributed by atoms with Crippen molar-refractivity contribution in [2.75, 3.05) is 6.61 Å². The van der Waals surface area contributed by atoms with Crippen LogP contribution in [0.25, 0.3) is 0 Å². The Bertz CT molecular complexity index is 482. The summed E-state index contributed by atoms with van der Waals surface area (Å²) in [6, 6.07) is 5.48. The van der Waals surface area contributed by atoms with Gasteiger partial charge >= 0.3 is 5.97 Å². The summed E-state index contributed by atoms with van der Waals surface area (Å²) in [5.74, 6) is -0.765. The molecule has 5 heteroatoms. The number of carbonyl (C=O) groups excluding carboxylic acids is 2. The number of benzene rings is 1. The SMILES string of the molecule is CCOC(=O)[C@@H](NC(=O)C1CC1)c1ccccc1O. The molecule has 102 valence electrons. The number of hydrogen-bond donors (Lipinski definition) is 2. The molecule has 19 heavy (non-hydrogen) atoms. The third-order valence-electron chi connectivity index (χ3n) is 3.00. The van der Waals surface area contributed by atoms with Gasteiger partial charge in [-0.15, -0.1) is 0 Å². The molecule has 0 heterocycles. The van der Waals surface area contributed by atoms with Gasteiger partial charge in [-0.3, -0.25) is 4.79 Å². The van der Waals surface area contributed by atoms with Gasteiger partial charge in [0.05, 0.1) is 6.61 Å². The minimum absolute atomic E-state index is 0.0113. The Kier molecular flexibility index (Phi) is 4.04. The molecule has 1 atom stereocenters. The summed E-state index contributed by atoms with van der Waals surface area (Å²) in [5.41, 5.74) is 0.356. The molecule has 1 amide bonds. The lowest BCUT2D eigenvalue weighted by molar-refractivity contribution is -0.147. The zero-order valence-electron chi connectivity index (χ0n) is 10.8. The third kappa shape index (κ3) is 3.24. The van der Waals surface area contributed by atoms with Crippen LogP contribution in [0.1, 0.15) is 31.4 Å². The summed E-state index contributed by atoms with van der Waals surface area (Å²) in [6.07, 6.45) is 1.70. The first-order chi connectivity index (χ1) is 9.13. The van der Waals surface area contributed by atoms with Crippen molar-refractivity contribution in [1.82, 2.24) is 5.32 Å². The molecule has 0 unspecified atom stereocenters. The highest BCUT2D eigenvalue weighted by Crippen LogP contribution is 2.31. The Labute approximate surface area is 111 Å². The van der Waals surface area contributed by atoms with Gasteiger partial charge in [-0.1, -0.05) is 18.2 Å². The minimum Gasteiger partial charge on any atom is -0.508 e. The van der Waals surface area contributed by atoms with E-state index in [2.05, 4.69) is 5.32 Å². The third-order valence-corrected chi connectivity index (χ3v) is 3.00. The van der Waals surface area contributed by atoms with Crippen molar-refractivity contribution in [1.29, 1.82) is 0 Å². The van der Waals surface area contributed by atoms with Crippen molar-refractivity contribution in [2.45, 2.75) is 25.8 Å². The molecule has 0 bridgehead atoms. The van der Waals surface area contributed by atoms with Crippen LogP contribution >= 0.6 is 0 Å². The molecule has 0 radical (unpaired) electrons. The Hall–Kier alpha value is -2.04. The maximum Gasteiger partial charge on any atom is 0.333 e. The van der Waals surface area contributed by atoms with Crippen molar-refractivity contribution in [3.8, 4) is 5.75 Å². The second-order valence-corrected chi connectivity index (χ2v) is 4.53. The average molecular weight is 263 g/mol. The van der Waals surface area contributed by atoms with Gasteiger partial charge in [0.1, 0.15) is 5.75 Å². The predicted octanol–water partition coefficient (Wildman–Crippen LogP) is 1.52. The fourth-order valence-electron chi connectivity index (χ4n) is 1.83. The molecule has 0 aliphatic heterocycles. The van der Waals surface area contributed by atoms with Gasteiger partial charge in [-0.2, -0.15) is 0 Å². The number of phenolic OH excluding ortho intramolecular Hbond substituents is 1. The first kappa shape index (κ1) is 13.4. The Balaban J connectivity index is 2.20. The average Bonchev–Trinajstić information content (AvgIpc) is 3.21. The molecular formula is C14H17NO4. The predicted molar refractivity (Wildman–Crippen MR) is 68.3 cm³/mol. The molecular weight excluding hydrogens is 246 g/mol. The molecule has 2 rings (SSSR count). The van der Waals surface area contributed by atoms with E-state index >= 15 is 0 Å². The quantitative estimate of drug-likeness (QED) is 0.790. The molecule has 1 aliphatic rings. The van der Waals surface area contributed by atoms with Crippen molar-refractivity contribution >= 4 is 11.9 Å². The minimum atomic E-state index is -0.950. The molecule has 1 aliphatic carbocycles. The van der Waals surface area contributed by atoms with Gasteiger partial charge < -0.3 is 15.2 Å². The topological polar surface area (TPSA) is 75.6 Å². The largest absolute Gasteiger partial charge is 0.508 e. The summed E-state index contributed by atoms with van der Waals surface area (Å²) in [7, 11) is 0. The van der Waals surface area contributed by atoms with Crippen LogP contribution in [0.2, 0.25) is 0 Å². The lowest BCUT2D eigenvalue weighted by atomic mass is 10.1. The normalized spacial score (nSPS) is 15.6. The summed E-state index contributed by atoms with van der Waals surface area (Å²) in [6.45, 7) is 1.92. The van der Waals surface area contributed by atoms with Crippen LogP contribution in [-0.2, 0) is 14.3 Å². The van der Waals surface area contributed by atoms with Crippen molar-refractivity contribution in [3.63, 3.8) is 0 Å². The van der Waals surface area contributed by atoms with Crippen molar-refractivity contribution in [3.05, 3.63) is 29.8 Å². The van der Waals surface area contributed by atoms with E-state index in [1.807, 2.05) is 0 Å². The number of nitrogens with one attached hydrogen (secondary N) is 1. The van der Waals surface area contributed by atoms with Gasteiger partial charge in [0.25, 0.3) is 0 Å². The van der Waals surface area contributed by atoms with E-state index in [0.29, 0.717) is 5.56 Å². The highest BCUT2D eigenvalue weighted by Gasteiger charge is 2.34. The summed E-state index contributed by atoms with van der Waals surface area (Å²) >= 11 is 0. The van der Waals surface area contributed by atoms with Crippen LogP contribution in [0, 0.1) is 5.92 Å². The van der Waals surface area contributed by atoms with E-state index < -0.39 is 12.0 Å². The van der Waals surface area contributed by atoms with Gasteiger partial charge in [-0.05, 0) is 25.8 Å². The van der Waals surface area contributed by atoms with Crippen LogP contribution in [-0.4, -0.2) is 23.6 Å². The molecule has 0 saturated heterocycles. The number of carbonyl (C=O) groups is 2. The smallest absolute Gasteiger partial charge is 0.333 e. The Morgan fingerprint density at radius 2 is 2.11 bits per heavy atom. The monoisotopic (exact) mass is 263 g/mol. The standard InChI is InChI=1S/C14H17NO4/c1-2-19-14(18)12(15-13(17)9-7-8-9)10-5-3-4-6-11(10)16/h3-6,9,12,16H,2,7-8H2,1H3,(H,15,17)/t12-/m0/s1. The molecule has 0 spiro atoms. The van der Waals surface area contributed by atoms with Crippen LogP contribution in [0.15, 0.2) is 24.3 Å². The fourth-order valence-corrected chi connectivity index (χ4v) is 1.83. The lowest BCUT2D eigenvalue weighted by Gasteiger charge is -2.18. The number of aromatic hydroxyl groups is 1. The number of para-hydroxylation sites is 1. The lowest BCUT2D eigenvalue weighted by Crippen LogP contribution is -2.35. The van der Waals surface area contributed by atoms with E-state index in [0.717, 1.165) is 12.8 Å². The van der Waals surface area contributed by atoms with E-state index in [4.69, 9.17) is 4.74 Å². The second-order valence-electron chi connectivity index (χ2n) is 4.53. The van der Waals surface area contributed by atoms with Crippen LogP contribution < -0.4 is 5.32 Å². The highest BCUT2D eigenvalue weighted by molar-refractivity contribution is 5.88. The zero-order chi connectivity index (χ0) is 13.8. The fraction of sp³-hybridized carbons (Fsp3) is 0.429. The number of esters is 1. The van der Waals surface area contributed by atoms with Crippen LogP contribution in [0.4, 0.5) is 0 Å². The summed E-state index contributed by atoms with van der Waals surface area (Å²) < 4.78 is 4.95. The maximum atomic E-state index is 11.9. The van der Waals surface area contributed by atoms with Crippen molar-refractivity contribution < 1.29 is 19.4 Å². The maximum absolute atomic E-state index is 11.9. The van der Waals surface area contributed by atoms with Gasteiger partial charge in [-0.25, -0.2) is 4.79 Å². The van der Waals surface area contributed by atoms with E-state index in [1.54, 1.807) is 25.1 Å². The zero-order valence-corrected chi connectivity index (χ0v) is 10.8. The number of amides is 1. The highest BCUT2D eigenvalue weighted by atomic mass is 16.5. The number of ether oxygens (including phenoxy) is 1. The molecule has 2 N–H and O–H groups in total. The number of rotatable bonds is 5. The molecule has 1 fully saturated rings. The molecule has 0 aromatic heterocycles. The van der Waals surface area contributed by atoms with Crippen LogP contribution in [0.3, 0.4) is 0 Å². The van der Waals surface area contributed by atoms with E-state index in [-0.39, 0.29) is 24.2 Å². The second kappa shape index (κ2) is 5.73. The Morgan fingerprint density at radius 3 is 2.68 bits per heavy atom. The Morgan fingerprint density at radius 1 is 1.42 bits per heavy atom. The van der Waals surface area contributed by atoms with Gasteiger partial charge in [0, 0.05) is 11.5 Å². The first-order valence-corrected chi connectivity index (χ1v) is 6.38. The number of phenols is 1. The van der Waals surface area contributed by atoms with Crippen LogP contribution in [0.5, 0.6) is 5.75 Å². The van der Waals surface area contributed by atoms with E-state index in [1.165, 1.54) is 6.07 Å². The van der Waals surface area contributed by atoms with E-state index in [9.17, 15) is 14.7 Å².